The molecule has 1 heterocycles. The van der Waals surface area contributed by atoms with Crippen molar-refractivity contribution in [3.63, 3.8) is 0 Å². The third-order valence-corrected chi connectivity index (χ3v) is 9.32. The van der Waals surface area contributed by atoms with E-state index in [9.17, 15) is 39.8 Å². The second-order valence-electron chi connectivity index (χ2n) is 8.29. The molecule has 4 aromatic rings. The summed E-state index contributed by atoms with van der Waals surface area (Å²) in [7, 11) is -10.3. The van der Waals surface area contributed by atoms with Crippen LogP contribution < -0.4 is 9.50 Å². The molecule has 21 nitrogen and oxygen atoms in total. The molecule has 3 aromatic carbocycles. The molecule has 1 unspecified atom stereocenters. The molecule has 49 heavy (non-hydrogen) atoms. The molecule has 0 saturated carbocycles. The lowest BCUT2D eigenvalue weighted by molar-refractivity contribution is -0.432. The first-order valence-corrected chi connectivity index (χ1v) is 17.9. The van der Waals surface area contributed by atoms with E-state index < -0.39 is 75.3 Å². The molecule has 0 fully saturated rings. The normalized spacial score (nSPS) is 12.7. The molecule has 1 atom stereocenters. The molecule has 0 bridgehead atoms. The Bertz CT molecular complexity index is 2190. The quantitative estimate of drug-likeness (QED) is 0.0122. The zero-order valence-electron chi connectivity index (χ0n) is 23.0. The summed E-state index contributed by atoms with van der Waals surface area (Å²) >= 11 is 9.06. The standard InChI is InChI=1S/C21H14Cl2N6O15S5/c1-2-40-43-45-13-6-11(15(48(34,35)36)7-14(13)46-44-42-31)28-29-16-12(41-47(32)33)5-9-8(17(16)30)3-4-10(18(9)49(37,38)39)24-21-26-19(22)25-20(23)27-21/h2-7,30-31H,1H2,(H,32,33)(H,34,35,36)(H,37,38,39)(H,24,25,26,27). The minimum Gasteiger partial charge on any atom is -0.505 e. The Kier molecular flexibility index (Phi) is 12.5. The monoisotopic (exact) mass is 820 g/mol. The predicted molar refractivity (Wildman–Crippen MR) is 169 cm³/mol. The fraction of sp³-hybridized carbons (Fsp3) is 0. The van der Waals surface area contributed by atoms with E-state index in [1.54, 1.807) is 0 Å². The minimum atomic E-state index is -5.20. The number of aromatic nitrogens is 3. The molecular weight excluding hydrogens is 807 g/mol. The number of nitrogens with zero attached hydrogens (tertiary/aromatic N) is 5. The maximum atomic E-state index is 12.6. The van der Waals surface area contributed by atoms with Crippen molar-refractivity contribution in [2.24, 2.45) is 10.2 Å². The number of aromatic hydroxyl groups is 1. The van der Waals surface area contributed by atoms with Crippen LogP contribution in [0.1, 0.15) is 0 Å². The second kappa shape index (κ2) is 16.0. The van der Waals surface area contributed by atoms with Gasteiger partial charge in [0.2, 0.25) is 16.5 Å². The number of fused-ring (bicyclic) bond motifs is 1. The van der Waals surface area contributed by atoms with Gasteiger partial charge >= 0.3 is 11.4 Å². The van der Waals surface area contributed by atoms with Gasteiger partial charge in [0.15, 0.2) is 17.2 Å². The summed E-state index contributed by atoms with van der Waals surface area (Å²) < 4.78 is 105. The van der Waals surface area contributed by atoms with Crippen LogP contribution in [0.5, 0.6) is 11.5 Å². The number of hydrogen-bond donors (Lipinski definition) is 6. The fourth-order valence-corrected chi connectivity index (χ4v) is 6.97. The number of rotatable bonds is 15. The number of hydrogen-bond acceptors (Lipinski definition) is 20. The van der Waals surface area contributed by atoms with Gasteiger partial charge in [0.25, 0.3) is 20.2 Å². The minimum absolute atomic E-state index is 0.0560. The van der Waals surface area contributed by atoms with E-state index in [4.69, 9.17) is 37.0 Å². The lowest BCUT2D eigenvalue weighted by Crippen LogP contribution is -2.07. The zero-order chi connectivity index (χ0) is 36.1. The maximum Gasteiger partial charge on any atom is 0.357 e. The number of nitrogens with one attached hydrogen (secondary N) is 1. The molecule has 0 aliphatic heterocycles. The molecular formula is C21H14Cl2N6O15S5. The van der Waals surface area contributed by atoms with Crippen molar-refractivity contribution in [1.29, 1.82) is 0 Å². The number of anilines is 2. The van der Waals surface area contributed by atoms with Crippen molar-refractivity contribution in [2.45, 2.75) is 19.6 Å². The highest BCUT2D eigenvalue weighted by Gasteiger charge is 2.27. The van der Waals surface area contributed by atoms with Gasteiger partial charge in [-0.1, -0.05) is 11.6 Å². The predicted octanol–water partition coefficient (Wildman–Crippen LogP) is 5.73. The van der Waals surface area contributed by atoms with Crippen LogP contribution in [0.15, 0.2) is 73.0 Å². The van der Waals surface area contributed by atoms with Gasteiger partial charge in [0, 0.05) is 10.8 Å². The number of azo groups is 1. The van der Waals surface area contributed by atoms with Crippen LogP contribution in [0.3, 0.4) is 0 Å². The number of phenolic OH excluding ortho intramolecular Hbond substituents is 1. The number of phenols is 1. The van der Waals surface area contributed by atoms with Gasteiger partial charge in [-0.2, -0.15) is 36.0 Å². The summed E-state index contributed by atoms with van der Waals surface area (Å²) in [6.45, 7) is 3.27. The Morgan fingerprint density at radius 1 is 0.939 bits per heavy atom. The lowest BCUT2D eigenvalue weighted by atomic mass is 10.1. The van der Waals surface area contributed by atoms with Crippen LogP contribution in [0.4, 0.5) is 23.0 Å². The van der Waals surface area contributed by atoms with Crippen molar-refractivity contribution in [2.75, 3.05) is 5.32 Å². The molecule has 6 N–H and O–H groups in total. The SMILES string of the molecule is C=COOSc1cc(N=Nc2c(OS(=O)O)cc3c(S(=O)(=O)O)c(Nc4nc(Cl)nc(Cl)n4)ccc3c2O)c(S(=O)(=O)O)cc1SOOO. The Morgan fingerprint density at radius 3 is 2.18 bits per heavy atom. The summed E-state index contributed by atoms with van der Waals surface area (Å²) in [6.07, 6.45) is 0.889. The van der Waals surface area contributed by atoms with Gasteiger partial charge in [-0.15, -0.1) is 18.9 Å². The third kappa shape index (κ3) is 9.61. The molecule has 0 radical (unpaired) electrons. The molecule has 0 aliphatic carbocycles. The first-order chi connectivity index (χ1) is 23.0. The van der Waals surface area contributed by atoms with Crippen molar-refractivity contribution in [3.8, 4) is 11.5 Å². The van der Waals surface area contributed by atoms with Crippen LogP contribution >= 0.6 is 47.3 Å². The third-order valence-electron chi connectivity index (χ3n) is 5.38. The molecule has 0 spiro atoms. The molecule has 0 saturated heterocycles. The largest absolute Gasteiger partial charge is 0.505 e. The van der Waals surface area contributed by atoms with E-state index >= 15 is 0 Å². The molecule has 28 heteroatoms. The van der Waals surface area contributed by atoms with Gasteiger partial charge in [-0.3, -0.25) is 13.7 Å². The first-order valence-electron chi connectivity index (χ1n) is 11.8. The van der Waals surface area contributed by atoms with E-state index in [0.29, 0.717) is 12.0 Å². The van der Waals surface area contributed by atoms with Gasteiger partial charge < -0.3 is 19.5 Å². The van der Waals surface area contributed by atoms with Gasteiger partial charge in [-0.05, 0) is 53.5 Å². The summed E-state index contributed by atoms with van der Waals surface area (Å²) in [4.78, 5) is 13.5. The molecule has 262 valence electrons. The molecule has 0 aliphatic rings. The van der Waals surface area contributed by atoms with Crippen LogP contribution in [-0.2, 0) is 50.2 Å². The lowest BCUT2D eigenvalue weighted by Gasteiger charge is -2.15. The van der Waals surface area contributed by atoms with Gasteiger partial charge in [-0.25, -0.2) is 5.26 Å². The molecule has 1 aromatic heterocycles. The number of benzene rings is 3. The van der Waals surface area contributed by atoms with E-state index in [-0.39, 0.29) is 43.7 Å². The Balaban J connectivity index is 1.95. The van der Waals surface area contributed by atoms with E-state index in [0.717, 1.165) is 36.6 Å². The molecule has 4 rings (SSSR count). The van der Waals surface area contributed by atoms with E-state index in [1.165, 1.54) is 0 Å². The Hall–Kier alpha value is -3.48. The van der Waals surface area contributed by atoms with Crippen LogP contribution in [0.2, 0.25) is 10.6 Å². The molecule has 0 amide bonds. The zero-order valence-corrected chi connectivity index (χ0v) is 28.6. The maximum absolute atomic E-state index is 12.6. The highest BCUT2D eigenvalue weighted by Crippen LogP contribution is 2.48. The van der Waals surface area contributed by atoms with Crippen LogP contribution in [0, 0.1) is 0 Å². The average Bonchev–Trinajstić information content (AvgIpc) is 2.98. The Labute approximate surface area is 294 Å². The van der Waals surface area contributed by atoms with Crippen molar-refractivity contribution in [1.82, 2.24) is 15.0 Å². The number of halogens is 2. The van der Waals surface area contributed by atoms with Crippen LogP contribution in [0.25, 0.3) is 10.8 Å². The van der Waals surface area contributed by atoms with E-state index in [2.05, 4.69) is 51.3 Å². The van der Waals surface area contributed by atoms with Crippen LogP contribution in [-0.4, -0.2) is 60.0 Å². The summed E-state index contributed by atoms with van der Waals surface area (Å²) in [5, 5.41) is 31.5. The van der Waals surface area contributed by atoms with Crippen molar-refractivity contribution in [3.05, 3.63) is 53.7 Å². The topological polar surface area (TPSA) is 308 Å². The summed E-state index contributed by atoms with van der Waals surface area (Å²) in [5.41, 5.74) is -1.83. The van der Waals surface area contributed by atoms with Crippen molar-refractivity contribution >= 4 is 113 Å². The Morgan fingerprint density at radius 2 is 1.59 bits per heavy atom. The summed E-state index contributed by atoms with van der Waals surface area (Å²) in [5.74, 6) is -2.16. The smallest absolute Gasteiger partial charge is 0.357 e. The fourth-order valence-electron chi connectivity index (χ4n) is 3.69. The average molecular weight is 822 g/mol. The van der Waals surface area contributed by atoms with Crippen molar-refractivity contribution < 1.29 is 67.8 Å². The van der Waals surface area contributed by atoms with Gasteiger partial charge in [0.1, 0.15) is 21.7 Å². The highest BCUT2D eigenvalue weighted by molar-refractivity contribution is 7.97. The highest BCUT2D eigenvalue weighted by atomic mass is 35.5. The van der Waals surface area contributed by atoms with E-state index in [1.807, 2.05) is 0 Å². The first kappa shape index (κ1) is 38.3. The second-order valence-corrected chi connectivity index (χ2v) is 13.8. The van der Waals surface area contributed by atoms with Gasteiger partial charge in [0.05, 0.1) is 39.6 Å². The summed E-state index contributed by atoms with van der Waals surface area (Å²) in [6, 6.07) is 4.66.